The molecule has 6 nitrogen and oxygen atoms in total. The maximum atomic E-state index is 12.9. The molecule has 2 N–H and O–H groups in total. The summed E-state index contributed by atoms with van der Waals surface area (Å²) >= 11 is 1.48. The molecule has 2 fully saturated rings. The van der Waals surface area contributed by atoms with Crippen molar-refractivity contribution in [2.24, 2.45) is 5.92 Å². The number of rotatable bonds is 3. The minimum Gasteiger partial charge on any atom is -0.347 e. The number of amides is 3. The first-order valence-corrected chi connectivity index (χ1v) is 9.78. The molecule has 3 rings (SSSR count). The van der Waals surface area contributed by atoms with Crippen LogP contribution >= 0.6 is 11.3 Å². The fourth-order valence-electron chi connectivity index (χ4n) is 3.63. The molecule has 1 saturated carbocycles. The number of thiophene rings is 1. The molecule has 2 heterocycles. The summed E-state index contributed by atoms with van der Waals surface area (Å²) in [7, 11) is 0. The molecule has 0 radical (unpaired) electrons. The highest BCUT2D eigenvalue weighted by Gasteiger charge is 2.43. The average molecular weight is 363 g/mol. The van der Waals surface area contributed by atoms with E-state index in [1.54, 1.807) is 24.8 Å². The third kappa shape index (κ3) is 3.86. The van der Waals surface area contributed by atoms with Gasteiger partial charge in [0.25, 0.3) is 5.91 Å². The minimum absolute atomic E-state index is 0.0761. The Morgan fingerprint density at radius 3 is 2.68 bits per heavy atom. The van der Waals surface area contributed by atoms with Crippen LogP contribution in [0.2, 0.25) is 0 Å². The third-order valence-electron chi connectivity index (χ3n) is 5.06. The fourth-order valence-corrected chi connectivity index (χ4v) is 4.26. The summed E-state index contributed by atoms with van der Waals surface area (Å²) in [5, 5.41) is 9.63. The van der Waals surface area contributed by atoms with Gasteiger partial charge in [0.2, 0.25) is 11.8 Å². The molecule has 1 aliphatic heterocycles. The van der Waals surface area contributed by atoms with Gasteiger partial charge < -0.3 is 15.5 Å². The van der Waals surface area contributed by atoms with E-state index in [2.05, 4.69) is 10.6 Å². The van der Waals surface area contributed by atoms with Crippen LogP contribution in [0.3, 0.4) is 0 Å². The average Bonchev–Trinajstić information content (AvgIpc) is 3.22. The lowest BCUT2D eigenvalue weighted by Crippen LogP contribution is -2.54. The van der Waals surface area contributed by atoms with Crippen LogP contribution in [0.5, 0.6) is 0 Å². The molecular formula is C18H25N3O3S. The van der Waals surface area contributed by atoms with E-state index in [-0.39, 0.29) is 35.7 Å². The van der Waals surface area contributed by atoms with Crippen LogP contribution in [-0.4, -0.2) is 47.3 Å². The summed E-state index contributed by atoms with van der Waals surface area (Å²) in [6, 6.07) is 1.09. The maximum absolute atomic E-state index is 12.9. The van der Waals surface area contributed by atoms with Crippen LogP contribution in [0.4, 0.5) is 0 Å². The second-order valence-corrected chi connectivity index (χ2v) is 8.17. The Kier molecular flexibility index (Phi) is 5.13. The summed E-state index contributed by atoms with van der Waals surface area (Å²) < 4.78 is 0. The van der Waals surface area contributed by atoms with Crippen molar-refractivity contribution in [2.45, 2.75) is 51.1 Å². The van der Waals surface area contributed by atoms with Crippen molar-refractivity contribution in [3.05, 3.63) is 22.4 Å². The van der Waals surface area contributed by atoms with E-state index in [0.717, 1.165) is 25.7 Å². The molecule has 1 aromatic heterocycles. The Morgan fingerprint density at radius 2 is 2.08 bits per heavy atom. The number of nitrogens with one attached hydrogen (secondary N) is 2. The molecule has 1 spiro atoms. The monoisotopic (exact) mass is 363 g/mol. The molecular weight excluding hydrogens is 338 g/mol. The summed E-state index contributed by atoms with van der Waals surface area (Å²) in [6.45, 7) is 4.29. The van der Waals surface area contributed by atoms with E-state index >= 15 is 0 Å². The number of carbonyl (C=O) groups is 3. The molecule has 1 atom stereocenters. The van der Waals surface area contributed by atoms with Gasteiger partial charge in [0.05, 0.1) is 17.6 Å². The van der Waals surface area contributed by atoms with E-state index in [1.807, 2.05) is 10.8 Å². The van der Waals surface area contributed by atoms with Gasteiger partial charge in [-0.2, -0.15) is 11.3 Å². The molecule has 1 saturated heterocycles. The second kappa shape index (κ2) is 7.15. The molecule has 7 heteroatoms. The number of hydrogen-bond donors (Lipinski definition) is 2. The van der Waals surface area contributed by atoms with Crippen molar-refractivity contribution in [3.8, 4) is 0 Å². The SMILES string of the molecule is CC(C)C(=O)NC1CN(C(=O)c2ccsc2)CC2(CCCC2)NC1=O. The Morgan fingerprint density at radius 1 is 1.36 bits per heavy atom. The van der Waals surface area contributed by atoms with Crippen molar-refractivity contribution in [2.75, 3.05) is 13.1 Å². The van der Waals surface area contributed by atoms with Crippen LogP contribution in [0.25, 0.3) is 0 Å². The van der Waals surface area contributed by atoms with Crippen LogP contribution in [-0.2, 0) is 9.59 Å². The van der Waals surface area contributed by atoms with E-state index in [0.29, 0.717) is 12.1 Å². The zero-order chi connectivity index (χ0) is 18.0. The molecule has 1 aliphatic carbocycles. The van der Waals surface area contributed by atoms with E-state index in [1.165, 1.54) is 11.3 Å². The lowest BCUT2D eigenvalue weighted by Gasteiger charge is -2.32. The Labute approximate surface area is 152 Å². The van der Waals surface area contributed by atoms with Gasteiger partial charge in [0.15, 0.2) is 0 Å². The number of hydrogen-bond acceptors (Lipinski definition) is 4. The highest BCUT2D eigenvalue weighted by atomic mass is 32.1. The first-order valence-electron chi connectivity index (χ1n) is 8.84. The topological polar surface area (TPSA) is 78.5 Å². The largest absolute Gasteiger partial charge is 0.347 e. The summed E-state index contributed by atoms with van der Waals surface area (Å²) in [5.74, 6) is -0.646. The first kappa shape index (κ1) is 17.9. The van der Waals surface area contributed by atoms with Crippen LogP contribution in [0, 0.1) is 5.92 Å². The van der Waals surface area contributed by atoms with Crippen molar-refractivity contribution in [1.29, 1.82) is 0 Å². The third-order valence-corrected chi connectivity index (χ3v) is 5.74. The molecule has 1 aromatic rings. The fraction of sp³-hybridized carbons (Fsp3) is 0.611. The molecule has 3 amide bonds. The smallest absolute Gasteiger partial charge is 0.254 e. The Bertz CT molecular complexity index is 651. The van der Waals surface area contributed by atoms with Crippen LogP contribution in [0.1, 0.15) is 49.9 Å². The van der Waals surface area contributed by atoms with Gasteiger partial charge in [0.1, 0.15) is 6.04 Å². The maximum Gasteiger partial charge on any atom is 0.254 e. The van der Waals surface area contributed by atoms with Crippen LogP contribution < -0.4 is 10.6 Å². The highest BCUT2D eigenvalue weighted by Crippen LogP contribution is 2.32. The van der Waals surface area contributed by atoms with E-state index in [9.17, 15) is 14.4 Å². The van der Waals surface area contributed by atoms with Crippen molar-refractivity contribution in [1.82, 2.24) is 15.5 Å². The lowest BCUT2D eigenvalue weighted by molar-refractivity contribution is -0.131. The van der Waals surface area contributed by atoms with Crippen molar-refractivity contribution < 1.29 is 14.4 Å². The minimum atomic E-state index is -0.711. The lowest BCUT2D eigenvalue weighted by atomic mass is 9.97. The number of carbonyl (C=O) groups excluding carboxylic acids is 3. The number of nitrogens with zero attached hydrogens (tertiary/aromatic N) is 1. The second-order valence-electron chi connectivity index (χ2n) is 7.39. The zero-order valence-corrected chi connectivity index (χ0v) is 15.5. The molecule has 1 unspecified atom stereocenters. The standard InChI is InChI=1S/C18H25N3O3S/c1-12(2)15(22)19-14-9-21(17(24)13-5-8-25-10-13)11-18(20-16(14)23)6-3-4-7-18/h5,8,10,12,14H,3-4,6-7,9,11H2,1-2H3,(H,19,22)(H,20,23). The van der Waals surface area contributed by atoms with Gasteiger partial charge in [-0.15, -0.1) is 0 Å². The quantitative estimate of drug-likeness (QED) is 0.859. The van der Waals surface area contributed by atoms with Gasteiger partial charge in [-0.05, 0) is 24.3 Å². The zero-order valence-electron chi connectivity index (χ0n) is 14.7. The summed E-state index contributed by atoms with van der Waals surface area (Å²) in [5.41, 5.74) is 0.279. The first-order chi connectivity index (χ1) is 11.9. The van der Waals surface area contributed by atoms with Crippen LogP contribution in [0.15, 0.2) is 16.8 Å². The summed E-state index contributed by atoms with van der Waals surface area (Å²) in [6.07, 6.45) is 3.83. The molecule has 136 valence electrons. The van der Waals surface area contributed by atoms with E-state index < -0.39 is 6.04 Å². The van der Waals surface area contributed by atoms with E-state index in [4.69, 9.17) is 0 Å². The van der Waals surface area contributed by atoms with Gasteiger partial charge >= 0.3 is 0 Å². The van der Waals surface area contributed by atoms with Crippen molar-refractivity contribution in [3.63, 3.8) is 0 Å². The highest BCUT2D eigenvalue weighted by molar-refractivity contribution is 7.08. The molecule has 2 aliphatic rings. The normalized spacial score (nSPS) is 22.8. The van der Waals surface area contributed by atoms with Gasteiger partial charge in [-0.1, -0.05) is 26.7 Å². The van der Waals surface area contributed by atoms with Gasteiger partial charge in [0, 0.05) is 17.8 Å². The predicted octanol–water partition coefficient (Wildman–Crippen LogP) is 1.77. The van der Waals surface area contributed by atoms with Gasteiger partial charge in [-0.25, -0.2) is 0 Å². The Balaban J connectivity index is 1.85. The molecule has 0 aromatic carbocycles. The van der Waals surface area contributed by atoms with Crippen molar-refractivity contribution >= 4 is 29.1 Å². The van der Waals surface area contributed by atoms with Gasteiger partial charge in [-0.3, -0.25) is 14.4 Å². The molecule has 0 bridgehead atoms. The predicted molar refractivity (Wildman–Crippen MR) is 96.3 cm³/mol. The Hall–Kier alpha value is -1.89. The summed E-state index contributed by atoms with van der Waals surface area (Å²) in [4.78, 5) is 39.5. The molecule has 25 heavy (non-hydrogen) atoms.